The van der Waals surface area contributed by atoms with Gasteiger partial charge in [-0.3, -0.25) is 0 Å². The van der Waals surface area contributed by atoms with Gasteiger partial charge >= 0.3 is 5.97 Å². The minimum absolute atomic E-state index is 0.0832. The van der Waals surface area contributed by atoms with Gasteiger partial charge in [-0.05, 0) is 30.9 Å². The summed E-state index contributed by atoms with van der Waals surface area (Å²) in [5, 5.41) is 2.61. The quantitative estimate of drug-likeness (QED) is 0.867. The summed E-state index contributed by atoms with van der Waals surface area (Å²) in [5.74, 6) is -1.90. The minimum Gasteiger partial charge on any atom is -0.467 e. The zero-order valence-electron chi connectivity index (χ0n) is 9.67. The molecule has 6 heteroatoms. The van der Waals surface area contributed by atoms with E-state index in [9.17, 15) is 13.6 Å². The van der Waals surface area contributed by atoms with Crippen LogP contribution in [0.2, 0.25) is 0 Å². The van der Waals surface area contributed by atoms with Gasteiger partial charge in [0.1, 0.15) is 23.4 Å². The first kappa shape index (κ1) is 13.3. The van der Waals surface area contributed by atoms with E-state index in [4.69, 9.17) is 0 Å². The maximum absolute atomic E-state index is 13.6. The Bertz CT molecular complexity index is 454. The van der Waals surface area contributed by atoms with Crippen LogP contribution < -0.4 is 5.32 Å². The molecular weight excluding hydrogens is 308 g/mol. The molecule has 1 aromatic rings. The smallest absolute Gasteiger partial charge is 0.328 e. The van der Waals surface area contributed by atoms with Crippen LogP contribution in [0, 0.1) is 17.6 Å². The van der Waals surface area contributed by atoms with Crippen molar-refractivity contribution in [2.24, 2.45) is 5.92 Å². The highest BCUT2D eigenvalue weighted by molar-refractivity contribution is 9.10. The number of nitrogens with one attached hydrogen (secondary N) is 1. The number of anilines is 1. The van der Waals surface area contributed by atoms with Gasteiger partial charge in [-0.1, -0.05) is 15.9 Å². The normalized spacial score (nSPS) is 16.2. The Morgan fingerprint density at radius 2 is 2.00 bits per heavy atom. The molecule has 1 fully saturated rings. The number of benzene rings is 1. The predicted molar refractivity (Wildman–Crippen MR) is 66.2 cm³/mol. The second-order valence-corrected chi connectivity index (χ2v) is 5.14. The lowest BCUT2D eigenvalue weighted by Crippen LogP contribution is -2.33. The maximum atomic E-state index is 13.6. The number of hydrogen-bond acceptors (Lipinski definition) is 3. The van der Waals surface area contributed by atoms with E-state index in [1.165, 1.54) is 7.11 Å². The summed E-state index contributed by atoms with van der Waals surface area (Å²) in [4.78, 5) is 11.5. The number of ether oxygens (including phenoxy) is 1. The van der Waals surface area contributed by atoms with Crippen LogP contribution in [0.25, 0.3) is 0 Å². The molecule has 1 aromatic carbocycles. The number of carbonyl (C=O) groups is 1. The monoisotopic (exact) mass is 319 g/mol. The van der Waals surface area contributed by atoms with Gasteiger partial charge in [0.2, 0.25) is 0 Å². The van der Waals surface area contributed by atoms with E-state index in [-0.39, 0.29) is 11.6 Å². The molecule has 1 atom stereocenters. The molecule has 0 saturated heterocycles. The van der Waals surface area contributed by atoms with Gasteiger partial charge in [0.05, 0.1) is 7.11 Å². The first-order valence-corrected chi connectivity index (χ1v) is 6.31. The average molecular weight is 320 g/mol. The minimum atomic E-state index is -0.739. The Morgan fingerprint density at radius 1 is 1.44 bits per heavy atom. The van der Waals surface area contributed by atoms with E-state index in [2.05, 4.69) is 26.0 Å². The molecule has 0 radical (unpaired) electrons. The van der Waals surface area contributed by atoms with Gasteiger partial charge in [-0.15, -0.1) is 0 Å². The zero-order valence-corrected chi connectivity index (χ0v) is 11.3. The third-order valence-electron chi connectivity index (χ3n) is 2.86. The molecule has 1 unspecified atom stereocenters. The Morgan fingerprint density at radius 3 is 2.44 bits per heavy atom. The van der Waals surface area contributed by atoms with Crippen molar-refractivity contribution in [1.29, 1.82) is 0 Å². The van der Waals surface area contributed by atoms with Gasteiger partial charge in [0.25, 0.3) is 0 Å². The zero-order chi connectivity index (χ0) is 13.3. The molecule has 1 aliphatic rings. The molecule has 0 spiro atoms. The van der Waals surface area contributed by atoms with Crippen molar-refractivity contribution in [3.05, 3.63) is 28.2 Å². The lowest BCUT2D eigenvalue weighted by atomic mass is 10.1. The molecule has 0 aliphatic heterocycles. The van der Waals surface area contributed by atoms with Crippen molar-refractivity contribution < 1.29 is 18.3 Å². The van der Waals surface area contributed by atoms with E-state index in [1.807, 2.05) is 0 Å². The Labute approximate surface area is 112 Å². The molecule has 2 rings (SSSR count). The first-order valence-electron chi connectivity index (χ1n) is 5.52. The molecule has 0 amide bonds. The van der Waals surface area contributed by atoms with Crippen molar-refractivity contribution >= 4 is 27.6 Å². The lowest BCUT2D eigenvalue weighted by Gasteiger charge is -2.18. The fraction of sp³-hybridized carbons (Fsp3) is 0.417. The molecule has 0 heterocycles. The van der Waals surface area contributed by atoms with Crippen molar-refractivity contribution in [2.75, 3.05) is 12.4 Å². The molecule has 1 aliphatic carbocycles. The Kier molecular flexibility index (Phi) is 3.85. The molecule has 3 nitrogen and oxygen atoms in total. The van der Waals surface area contributed by atoms with Crippen LogP contribution in [0.3, 0.4) is 0 Å². The number of halogens is 3. The Balaban J connectivity index is 2.24. The summed E-state index contributed by atoms with van der Waals surface area (Å²) in [7, 11) is 1.26. The maximum Gasteiger partial charge on any atom is 0.328 e. The topological polar surface area (TPSA) is 38.3 Å². The first-order chi connectivity index (χ1) is 8.52. The van der Waals surface area contributed by atoms with E-state index in [1.54, 1.807) is 0 Å². The van der Waals surface area contributed by atoms with Gasteiger partial charge in [0.15, 0.2) is 0 Å². The van der Waals surface area contributed by atoms with Crippen LogP contribution >= 0.6 is 15.9 Å². The fourth-order valence-electron chi connectivity index (χ4n) is 1.76. The number of esters is 1. The summed E-state index contributed by atoms with van der Waals surface area (Å²) in [6, 6.07) is 1.60. The highest BCUT2D eigenvalue weighted by Gasteiger charge is 2.37. The second kappa shape index (κ2) is 5.22. The molecule has 98 valence electrons. The van der Waals surface area contributed by atoms with Crippen molar-refractivity contribution in [3.63, 3.8) is 0 Å². The molecule has 18 heavy (non-hydrogen) atoms. The molecule has 0 bridgehead atoms. The second-order valence-electron chi connectivity index (χ2n) is 4.23. The highest BCUT2D eigenvalue weighted by atomic mass is 79.9. The third kappa shape index (κ3) is 2.80. The fourth-order valence-corrected chi connectivity index (χ4v) is 2.16. The number of hydrogen-bond donors (Lipinski definition) is 1. The van der Waals surface area contributed by atoms with Gasteiger partial charge in [0, 0.05) is 4.47 Å². The van der Waals surface area contributed by atoms with Gasteiger partial charge in [-0.2, -0.15) is 0 Å². The van der Waals surface area contributed by atoms with Gasteiger partial charge < -0.3 is 10.1 Å². The molecular formula is C12H12BrF2NO2. The highest BCUT2D eigenvalue weighted by Crippen LogP contribution is 2.36. The van der Waals surface area contributed by atoms with Crippen LogP contribution in [-0.4, -0.2) is 19.1 Å². The standard InChI is InChI=1S/C12H12BrF2NO2/c1-18-12(17)10(6-2-3-6)16-11-8(14)4-7(13)5-9(11)15/h4-6,10,16H,2-3H2,1H3. The summed E-state index contributed by atoms with van der Waals surface area (Å²) in [6.07, 6.45) is 1.71. The summed E-state index contributed by atoms with van der Waals surface area (Å²) in [6.45, 7) is 0. The average Bonchev–Trinajstić information content (AvgIpc) is 3.11. The molecule has 0 aromatic heterocycles. The molecule has 1 saturated carbocycles. The summed E-state index contributed by atoms with van der Waals surface area (Å²) < 4.78 is 32.2. The number of carbonyl (C=O) groups excluding carboxylic acids is 1. The van der Waals surface area contributed by atoms with Crippen LogP contribution in [-0.2, 0) is 9.53 Å². The molecule has 1 N–H and O–H groups in total. The largest absolute Gasteiger partial charge is 0.467 e. The van der Waals surface area contributed by atoms with E-state index >= 15 is 0 Å². The predicted octanol–water partition coefficient (Wildman–Crippen LogP) is 3.09. The van der Waals surface area contributed by atoms with Crippen molar-refractivity contribution in [3.8, 4) is 0 Å². The van der Waals surface area contributed by atoms with Crippen molar-refractivity contribution in [1.82, 2.24) is 0 Å². The Hall–Kier alpha value is -1.17. The van der Waals surface area contributed by atoms with Crippen LogP contribution in [0.1, 0.15) is 12.8 Å². The van der Waals surface area contributed by atoms with E-state index in [0.29, 0.717) is 4.47 Å². The van der Waals surface area contributed by atoms with Crippen LogP contribution in [0.4, 0.5) is 14.5 Å². The van der Waals surface area contributed by atoms with Gasteiger partial charge in [-0.25, -0.2) is 13.6 Å². The summed E-state index contributed by atoms with van der Waals surface area (Å²) in [5.41, 5.74) is -0.291. The summed E-state index contributed by atoms with van der Waals surface area (Å²) >= 11 is 3.00. The van der Waals surface area contributed by atoms with E-state index < -0.39 is 23.6 Å². The lowest BCUT2D eigenvalue weighted by molar-refractivity contribution is -0.142. The SMILES string of the molecule is COC(=O)C(Nc1c(F)cc(Br)cc1F)C1CC1. The van der Waals surface area contributed by atoms with Crippen molar-refractivity contribution in [2.45, 2.75) is 18.9 Å². The van der Waals surface area contributed by atoms with E-state index in [0.717, 1.165) is 25.0 Å². The number of rotatable bonds is 4. The van der Waals surface area contributed by atoms with Crippen LogP contribution in [0.5, 0.6) is 0 Å². The third-order valence-corrected chi connectivity index (χ3v) is 3.31. The number of methoxy groups -OCH3 is 1. The van der Waals surface area contributed by atoms with Crippen LogP contribution in [0.15, 0.2) is 16.6 Å².